The second-order valence-corrected chi connectivity index (χ2v) is 4.71. The molecule has 2 aromatic rings. The Balaban J connectivity index is 2.07. The lowest BCUT2D eigenvalue weighted by atomic mass is 10.1. The molecule has 0 radical (unpaired) electrons. The van der Waals surface area contributed by atoms with Crippen LogP contribution in [0.1, 0.15) is 35.6 Å². The van der Waals surface area contributed by atoms with Crippen molar-refractivity contribution < 1.29 is 4.39 Å². The summed E-state index contributed by atoms with van der Waals surface area (Å²) in [7, 11) is 0. The van der Waals surface area contributed by atoms with Gasteiger partial charge < -0.3 is 4.57 Å². The first kappa shape index (κ1) is 11.0. The van der Waals surface area contributed by atoms with E-state index in [4.69, 9.17) is 5.26 Å². The van der Waals surface area contributed by atoms with Gasteiger partial charge in [0.05, 0.1) is 23.3 Å². The molecule has 3 nitrogen and oxygen atoms in total. The molecule has 0 atom stereocenters. The highest BCUT2D eigenvalue weighted by Gasteiger charge is 2.26. The van der Waals surface area contributed by atoms with Gasteiger partial charge in [-0.2, -0.15) is 5.26 Å². The van der Waals surface area contributed by atoms with Crippen LogP contribution in [-0.4, -0.2) is 9.55 Å². The summed E-state index contributed by atoms with van der Waals surface area (Å²) in [6, 6.07) is 4.83. The molecule has 0 spiro atoms. The average Bonchev–Trinajstić information content (AvgIpc) is 3.09. The Bertz CT molecular complexity index is 648. The second-order valence-electron chi connectivity index (χ2n) is 4.71. The lowest BCUT2D eigenvalue weighted by Crippen LogP contribution is -1.97. The van der Waals surface area contributed by atoms with Crippen LogP contribution in [0.25, 0.3) is 5.69 Å². The molecule has 0 unspecified atom stereocenters. The van der Waals surface area contributed by atoms with Gasteiger partial charge in [-0.1, -0.05) is 0 Å². The number of nitrogens with zero attached hydrogens (tertiary/aromatic N) is 3. The minimum Gasteiger partial charge on any atom is -0.306 e. The molecule has 0 N–H and O–H groups in total. The Labute approximate surface area is 105 Å². The fourth-order valence-electron chi connectivity index (χ4n) is 2.08. The number of hydrogen-bond donors (Lipinski definition) is 0. The summed E-state index contributed by atoms with van der Waals surface area (Å²) in [5, 5.41) is 8.87. The minimum atomic E-state index is -0.471. The molecule has 1 heterocycles. The number of halogens is 1. The number of nitriles is 1. The monoisotopic (exact) mass is 241 g/mol. The van der Waals surface area contributed by atoms with Crippen molar-refractivity contribution in [2.45, 2.75) is 25.7 Å². The summed E-state index contributed by atoms with van der Waals surface area (Å²) in [5.74, 6) is 0.115. The summed E-state index contributed by atoms with van der Waals surface area (Å²) < 4.78 is 15.3. The van der Waals surface area contributed by atoms with Gasteiger partial charge in [-0.3, -0.25) is 0 Å². The van der Waals surface area contributed by atoms with Crippen LogP contribution in [0.4, 0.5) is 4.39 Å². The quantitative estimate of drug-likeness (QED) is 0.810. The molecule has 1 aliphatic carbocycles. The number of aromatic nitrogens is 2. The Kier molecular flexibility index (Phi) is 2.41. The summed E-state index contributed by atoms with van der Waals surface area (Å²) >= 11 is 0. The topological polar surface area (TPSA) is 41.6 Å². The van der Waals surface area contributed by atoms with E-state index in [0.717, 1.165) is 16.9 Å². The van der Waals surface area contributed by atoms with Crippen LogP contribution in [0.5, 0.6) is 0 Å². The molecule has 1 aromatic carbocycles. The number of hydrogen-bond acceptors (Lipinski definition) is 2. The van der Waals surface area contributed by atoms with E-state index in [1.165, 1.54) is 18.9 Å². The smallest absolute Gasteiger partial charge is 0.141 e. The van der Waals surface area contributed by atoms with Crippen molar-refractivity contribution in [1.29, 1.82) is 5.26 Å². The Morgan fingerprint density at radius 3 is 2.89 bits per heavy atom. The zero-order chi connectivity index (χ0) is 12.7. The summed E-state index contributed by atoms with van der Waals surface area (Å²) in [5.41, 5.74) is 2.76. The highest BCUT2D eigenvalue weighted by molar-refractivity contribution is 5.48. The standard InChI is InChI=1S/C14H12FN3/c1-9-4-12(15)11(6-16)5-14(9)18-7-13(17-8-18)10-2-3-10/h4-5,7-8,10H,2-3H2,1H3. The van der Waals surface area contributed by atoms with Crippen molar-refractivity contribution in [3.05, 3.63) is 47.3 Å². The minimum absolute atomic E-state index is 0.0669. The highest BCUT2D eigenvalue weighted by atomic mass is 19.1. The highest BCUT2D eigenvalue weighted by Crippen LogP contribution is 2.39. The molecular weight excluding hydrogens is 229 g/mol. The van der Waals surface area contributed by atoms with Crippen LogP contribution in [0.15, 0.2) is 24.7 Å². The van der Waals surface area contributed by atoms with Crippen LogP contribution in [-0.2, 0) is 0 Å². The predicted molar refractivity (Wildman–Crippen MR) is 64.9 cm³/mol. The third-order valence-corrected chi connectivity index (χ3v) is 3.28. The molecule has 1 saturated carbocycles. The SMILES string of the molecule is Cc1cc(F)c(C#N)cc1-n1cnc(C2CC2)c1. The lowest BCUT2D eigenvalue weighted by molar-refractivity contribution is 0.622. The van der Waals surface area contributed by atoms with Crippen molar-refractivity contribution in [3.63, 3.8) is 0 Å². The number of benzene rings is 1. The van der Waals surface area contributed by atoms with Crippen molar-refractivity contribution in [2.24, 2.45) is 0 Å². The van der Waals surface area contributed by atoms with E-state index in [1.807, 2.05) is 23.8 Å². The van der Waals surface area contributed by atoms with Crippen LogP contribution in [0, 0.1) is 24.1 Å². The van der Waals surface area contributed by atoms with Crippen LogP contribution in [0.3, 0.4) is 0 Å². The van der Waals surface area contributed by atoms with Crippen molar-refractivity contribution >= 4 is 0 Å². The molecule has 4 heteroatoms. The third-order valence-electron chi connectivity index (χ3n) is 3.28. The predicted octanol–water partition coefficient (Wildman–Crippen LogP) is 3.07. The fourth-order valence-corrected chi connectivity index (χ4v) is 2.08. The van der Waals surface area contributed by atoms with Gasteiger partial charge in [0.1, 0.15) is 11.9 Å². The number of imidazole rings is 1. The van der Waals surface area contributed by atoms with Gasteiger partial charge in [-0.25, -0.2) is 9.37 Å². The zero-order valence-corrected chi connectivity index (χ0v) is 10.0. The third kappa shape index (κ3) is 1.78. The molecule has 0 aliphatic heterocycles. The Hall–Kier alpha value is -2.15. The van der Waals surface area contributed by atoms with Crippen LogP contribution in [0.2, 0.25) is 0 Å². The molecule has 1 aromatic heterocycles. The van der Waals surface area contributed by atoms with E-state index in [9.17, 15) is 4.39 Å². The van der Waals surface area contributed by atoms with Crippen molar-refractivity contribution in [2.75, 3.05) is 0 Å². The molecular formula is C14H12FN3. The van der Waals surface area contributed by atoms with Crippen LogP contribution < -0.4 is 0 Å². The summed E-state index contributed by atoms with van der Waals surface area (Å²) in [6.45, 7) is 1.83. The van der Waals surface area contributed by atoms with Gasteiger partial charge >= 0.3 is 0 Å². The first-order chi connectivity index (χ1) is 8.69. The first-order valence-electron chi connectivity index (χ1n) is 5.93. The number of rotatable bonds is 2. The maximum atomic E-state index is 13.4. The van der Waals surface area contributed by atoms with E-state index in [2.05, 4.69) is 4.98 Å². The van der Waals surface area contributed by atoms with Crippen molar-refractivity contribution in [3.8, 4) is 11.8 Å². The van der Waals surface area contributed by atoms with E-state index in [0.29, 0.717) is 5.92 Å². The molecule has 0 saturated heterocycles. The van der Waals surface area contributed by atoms with Crippen molar-refractivity contribution in [1.82, 2.24) is 9.55 Å². The molecule has 90 valence electrons. The van der Waals surface area contributed by atoms with Gasteiger partial charge in [0, 0.05) is 12.1 Å². The van der Waals surface area contributed by atoms with Gasteiger partial charge in [-0.15, -0.1) is 0 Å². The molecule has 3 rings (SSSR count). The maximum Gasteiger partial charge on any atom is 0.141 e. The second kappa shape index (κ2) is 3.95. The molecule has 18 heavy (non-hydrogen) atoms. The molecule has 0 amide bonds. The van der Waals surface area contributed by atoms with Gasteiger partial charge in [-0.05, 0) is 37.5 Å². The molecule has 1 aliphatic rings. The van der Waals surface area contributed by atoms with Crippen LogP contribution >= 0.6 is 0 Å². The summed E-state index contributed by atoms with van der Waals surface area (Å²) in [6.07, 6.45) is 6.10. The van der Waals surface area contributed by atoms with E-state index < -0.39 is 5.82 Å². The van der Waals surface area contributed by atoms with Gasteiger partial charge in [0.2, 0.25) is 0 Å². The Morgan fingerprint density at radius 2 is 2.22 bits per heavy atom. The lowest BCUT2D eigenvalue weighted by Gasteiger charge is -2.07. The maximum absolute atomic E-state index is 13.4. The normalized spacial score (nSPS) is 14.5. The zero-order valence-electron chi connectivity index (χ0n) is 10.0. The Morgan fingerprint density at radius 1 is 1.44 bits per heavy atom. The van der Waals surface area contributed by atoms with E-state index >= 15 is 0 Å². The average molecular weight is 241 g/mol. The fraction of sp³-hybridized carbons (Fsp3) is 0.286. The first-order valence-corrected chi connectivity index (χ1v) is 5.93. The number of aryl methyl sites for hydroxylation is 1. The molecule has 1 fully saturated rings. The largest absolute Gasteiger partial charge is 0.306 e. The van der Waals surface area contributed by atoms with E-state index in [-0.39, 0.29) is 5.56 Å². The van der Waals surface area contributed by atoms with Gasteiger partial charge in [0.25, 0.3) is 0 Å². The van der Waals surface area contributed by atoms with E-state index in [1.54, 1.807) is 12.4 Å². The van der Waals surface area contributed by atoms with Gasteiger partial charge in [0.15, 0.2) is 0 Å². The molecule has 0 bridgehead atoms. The summed E-state index contributed by atoms with van der Waals surface area (Å²) in [4.78, 5) is 4.36.